The number of morpholine rings is 1. The summed E-state index contributed by atoms with van der Waals surface area (Å²) in [6.07, 6.45) is 2.37. The molecule has 2 N–H and O–H groups in total. The smallest absolute Gasteiger partial charge is 0.220 e. The zero-order valence-corrected chi connectivity index (χ0v) is 18.6. The minimum atomic E-state index is 0.146. The highest BCUT2D eigenvalue weighted by molar-refractivity contribution is 5.76. The Morgan fingerprint density at radius 1 is 1.22 bits per heavy atom. The molecule has 3 heterocycles. The summed E-state index contributed by atoms with van der Waals surface area (Å²) in [6.45, 7) is 7.25. The molecule has 1 aromatic carbocycles. The Kier molecular flexibility index (Phi) is 8.53. The lowest BCUT2D eigenvalue weighted by Gasteiger charge is -2.31. The van der Waals surface area contributed by atoms with Crippen LogP contribution in [0, 0.1) is 11.8 Å². The number of rotatable bonds is 10. The van der Waals surface area contributed by atoms with Crippen molar-refractivity contribution in [2.24, 2.45) is 11.8 Å². The largest absolute Gasteiger partial charge is 0.486 e. The zero-order chi connectivity index (χ0) is 22.0. The van der Waals surface area contributed by atoms with Gasteiger partial charge in [-0.1, -0.05) is 23.4 Å². The fraction of sp³-hybridized carbons (Fsp3) is 0.583. The van der Waals surface area contributed by atoms with E-state index in [1.807, 2.05) is 36.4 Å². The standard InChI is InChI=1S/C24H34N4O4/c29-24(26-8-9-28-10-12-30-13-11-28)15-19-6-7-25-17-20(19)14-21-16-23(32-27-21)18-31-22-4-2-1-3-5-22/h1-5,16,19-20,25H,6-15,17-18H2,(H,26,29). The summed E-state index contributed by atoms with van der Waals surface area (Å²) in [7, 11) is 0. The number of hydrogen-bond acceptors (Lipinski definition) is 7. The number of benzene rings is 1. The molecule has 1 aromatic heterocycles. The maximum absolute atomic E-state index is 12.5. The lowest BCUT2D eigenvalue weighted by atomic mass is 9.81. The highest BCUT2D eigenvalue weighted by atomic mass is 16.5. The second-order valence-electron chi connectivity index (χ2n) is 8.61. The molecule has 0 aliphatic carbocycles. The fourth-order valence-corrected chi connectivity index (χ4v) is 4.43. The van der Waals surface area contributed by atoms with Crippen molar-refractivity contribution in [2.45, 2.75) is 25.9 Å². The molecule has 174 valence electrons. The second-order valence-corrected chi connectivity index (χ2v) is 8.61. The van der Waals surface area contributed by atoms with Gasteiger partial charge in [0.2, 0.25) is 5.91 Å². The monoisotopic (exact) mass is 442 g/mol. The van der Waals surface area contributed by atoms with Gasteiger partial charge in [0.15, 0.2) is 5.76 Å². The molecule has 0 radical (unpaired) electrons. The molecular weight excluding hydrogens is 408 g/mol. The van der Waals surface area contributed by atoms with Gasteiger partial charge in [-0.05, 0) is 49.9 Å². The minimum Gasteiger partial charge on any atom is -0.486 e. The van der Waals surface area contributed by atoms with Gasteiger partial charge >= 0.3 is 0 Å². The van der Waals surface area contributed by atoms with E-state index >= 15 is 0 Å². The zero-order valence-electron chi connectivity index (χ0n) is 18.6. The first-order valence-corrected chi connectivity index (χ1v) is 11.7. The van der Waals surface area contributed by atoms with Crippen molar-refractivity contribution in [2.75, 3.05) is 52.5 Å². The number of nitrogens with zero attached hydrogens (tertiary/aromatic N) is 2. The van der Waals surface area contributed by atoms with Gasteiger partial charge < -0.3 is 24.6 Å². The molecule has 2 aliphatic rings. The predicted octanol–water partition coefficient (Wildman–Crippen LogP) is 1.86. The lowest BCUT2D eigenvalue weighted by Crippen LogP contribution is -2.43. The maximum Gasteiger partial charge on any atom is 0.220 e. The molecule has 0 saturated carbocycles. The van der Waals surface area contributed by atoms with Crippen molar-refractivity contribution in [3.05, 3.63) is 47.9 Å². The molecule has 2 atom stereocenters. The van der Waals surface area contributed by atoms with Gasteiger partial charge in [0, 0.05) is 38.7 Å². The van der Waals surface area contributed by atoms with E-state index in [4.69, 9.17) is 14.0 Å². The van der Waals surface area contributed by atoms with Gasteiger partial charge in [0.1, 0.15) is 12.4 Å². The Morgan fingerprint density at radius 3 is 2.91 bits per heavy atom. The van der Waals surface area contributed by atoms with Crippen LogP contribution in [-0.4, -0.2) is 68.4 Å². The van der Waals surface area contributed by atoms with Crippen LogP contribution in [-0.2, 0) is 22.6 Å². The Morgan fingerprint density at radius 2 is 2.06 bits per heavy atom. The molecule has 2 aliphatic heterocycles. The van der Waals surface area contributed by atoms with Crippen LogP contribution in [0.2, 0.25) is 0 Å². The number of piperidine rings is 1. The number of para-hydroxylation sites is 1. The van der Waals surface area contributed by atoms with Crippen LogP contribution in [0.1, 0.15) is 24.3 Å². The maximum atomic E-state index is 12.5. The molecular formula is C24H34N4O4. The highest BCUT2D eigenvalue weighted by Gasteiger charge is 2.28. The van der Waals surface area contributed by atoms with E-state index in [1.54, 1.807) is 0 Å². The molecule has 0 bridgehead atoms. The van der Waals surface area contributed by atoms with Crippen LogP contribution in [0.15, 0.2) is 40.9 Å². The molecule has 2 fully saturated rings. The average molecular weight is 443 g/mol. The van der Waals surface area contributed by atoms with Crippen molar-refractivity contribution in [3.63, 3.8) is 0 Å². The minimum absolute atomic E-state index is 0.146. The molecule has 32 heavy (non-hydrogen) atoms. The van der Waals surface area contributed by atoms with Gasteiger partial charge in [-0.2, -0.15) is 0 Å². The van der Waals surface area contributed by atoms with E-state index in [-0.39, 0.29) is 5.91 Å². The SMILES string of the molecule is O=C(CC1CCNCC1Cc1cc(COc2ccccc2)on1)NCCN1CCOCC1. The number of nitrogens with one attached hydrogen (secondary N) is 2. The molecule has 0 spiro atoms. The van der Waals surface area contributed by atoms with Crippen LogP contribution in [0.5, 0.6) is 5.75 Å². The molecule has 4 rings (SSSR count). The van der Waals surface area contributed by atoms with Crippen molar-refractivity contribution in [1.82, 2.24) is 20.7 Å². The number of ether oxygens (including phenoxy) is 2. The van der Waals surface area contributed by atoms with Crippen molar-refractivity contribution in [1.29, 1.82) is 0 Å². The van der Waals surface area contributed by atoms with Crippen LogP contribution in [0.3, 0.4) is 0 Å². The third-order valence-corrected chi connectivity index (χ3v) is 6.27. The summed E-state index contributed by atoms with van der Waals surface area (Å²) in [6, 6.07) is 11.6. The van der Waals surface area contributed by atoms with Crippen LogP contribution < -0.4 is 15.4 Å². The average Bonchev–Trinajstić information content (AvgIpc) is 3.28. The third-order valence-electron chi connectivity index (χ3n) is 6.27. The third kappa shape index (κ3) is 7.05. The summed E-state index contributed by atoms with van der Waals surface area (Å²) >= 11 is 0. The van der Waals surface area contributed by atoms with Gasteiger partial charge in [-0.15, -0.1) is 0 Å². The topological polar surface area (TPSA) is 88.9 Å². The van der Waals surface area contributed by atoms with Gasteiger partial charge in [-0.3, -0.25) is 9.69 Å². The number of hydrogen-bond donors (Lipinski definition) is 2. The summed E-state index contributed by atoms with van der Waals surface area (Å²) in [5.41, 5.74) is 0.920. The number of amides is 1. The van der Waals surface area contributed by atoms with Gasteiger partial charge in [-0.25, -0.2) is 0 Å². The van der Waals surface area contributed by atoms with Crippen molar-refractivity contribution >= 4 is 5.91 Å². The Bertz CT molecular complexity index is 822. The number of carbonyl (C=O) groups excluding carboxylic acids is 1. The van der Waals surface area contributed by atoms with E-state index in [2.05, 4.69) is 20.7 Å². The quantitative estimate of drug-likeness (QED) is 0.581. The van der Waals surface area contributed by atoms with E-state index in [1.165, 1.54) is 0 Å². The first-order chi connectivity index (χ1) is 15.8. The molecule has 1 amide bonds. The second kappa shape index (κ2) is 12.0. The van der Waals surface area contributed by atoms with Crippen LogP contribution in [0.4, 0.5) is 0 Å². The Balaban J connectivity index is 1.21. The molecule has 8 nitrogen and oxygen atoms in total. The first-order valence-electron chi connectivity index (χ1n) is 11.7. The van der Waals surface area contributed by atoms with Gasteiger partial charge in [0.05, 0.1) is 18.9 Å². The summed E-state index contributed by atoms with van der Waals surface area (Å²) < 4.78 is 16.6. The van der Waals surface area contributed by atoms with E-state index in [9.17, 15) is 4.79 Å². The molecule has 2 saturated heterocycles. The van der Waals surface area contributed by atoms with Crippen LogP contribution in [0.25, 0.3) is 0 Å². The van der Waals surface area contributed by atoms with Crippen LogP contribution >= 0.6 is 0 Å². The molecule has 8 heteroatoms. The van der Waals surface area contributed by atoms with Gasteiger partial charge in [0.25, 0.3) is 0 Å². The van der Waals surface area contributed by atoms with E-state index < -0.39 is 0 Å². The number of aromatic nitrogens is 1. The number of carbonyl (C=O) groups is 1. The van der Waals surface area contributed by atoms with Crippen molar-refractivity contribution < 1.29 is 18.8 Å². The van der Waals surface area contributed by atoms with E-state index in [0.29, 0.717) is 37.2 Å². The summed E-state index contributed by atoms with van der Waals surface area (Å²) in [5, 5.41) is 10.8. The highest BCUT2D eigenvalue weighted by Crippen LogP contribution is 2.26. The Labute approximate surface area is 189 Å². The summed E-state index contributed by atoms with van der Waals surface area (Å²) in [5.74, 6) is 2.38. The Hall–Kier alpha value is -2.42. The molecule has 2 aromatic rings. The normalized spacial score (nSPS) is 21.9. The first kappa shape index (κ1) is 22.8. The predicted molar refractivity (Wildman–Crippen MR) is 120 cm³/mol. The summed E-state index contributed by atoms with van der Waals surface area (Å²) in [4.78, 5) is 14.9. The lowest BCUT2D eigenvalue weighted by molar-refractivity contribution is -0.122. The fourth-order valence-electron chi connectivity index (χ4n) is 4.43. The molecule has 2 unspecified atom stereocenters. The van der Waals surface area contributed by atoms with E-state index in [0.717, 1.165) is 70.2 Å². The van der Waals surface area contributed by atoms with Crippen molar-refractivity contribution in [3.8, 4) is 5.75 Å².